The lowest BCUT2D eigenvalue weighted by Gasteiger charge is -2.05. The molecule has 0 bridgehead atoms. The predicted molar refractivity (Wildman–Crippen MR) is 70.2 cm³/mol. The second-order valence-corrected chi connectivity index (χ2v) is 3.97. The maximum absolute atomic E-state index is 9.55. The van der Waals surface area contributed by atoms with Crippen LogP contribution in [0.4, 0.5) is 11.6 Å². The number of anilines is 2. The molecular formula is C12H12N6O. The normalized spacial score (nSPS) is 10.8. The SMILES string of the molecule is CCn1ncc(Nc2ncnc3ccc(O)cc23)n1. The Morgan fingerprint density at radius 1 is 1.32 bits per heavy atom. The number of rotatable bonds is 3. The van der Waals surface area contributed by atoms with Gasteiger partial charge in [0.25, 0.3) is 0 Å². The summed E-state index contributed by atoms with van der Waals surface area (Å²) in [5.41, 5.74) is 0.748. The van der Waals surface area contributed by atoms with Crippen LogP contribution >= 0.6 is 0 Å². The molecule has 0 aliphatic heterocycles. The maximum atomic E-state index is 9.55. The number of hydrogen-bond acceptors (Lipinski definition) is 6. The minimum atomic E-state index is 0.169. The summed E-state index contributed by atoms with van der Waals surface area (Å²) in [5, 5.41) is 21.7. The minimum Gasteiger partial charge on any atom is -0.508 e. The molecule has 0 spiro atoms. The molecule has 0 unspecified atom stereocenters. The van der Waals surface area contributed by atoms with Crippen LogP contribution in [0.2, 0.25) is 0 Å². The third-order valence-corrected chi connectivity index (χ3v) is 2.68. The van der Waals surface area contributed by atoms with E-state index in [9.17, 15) is 5.11 Å². The van der Waals surface area contributed by atoms with Crippen molar-refractivity contribution in [1.82, 2.24) is 25.0 Å². The number of benzene rings is 1. The van der Waals surface area contributed by atoms with E-state index in [0.717, 1.165) is 10.9 Å². The number of aromatic hydroxyl groups is 1. The first-order chi connectivity index (χ1) is 9.26. The van der Waals surface area contributed by atoms with Crippen molar-refractivity contribution in [1.29, 1.82) is 0 Å². The fourth-order valence-corrected chi connectivity index (χ4v) is 1.77. The van der Waals surface area contributed by atoms with E-state index in [0.29, 0.717) is 18.2 Å². The lowest BCUT2D eigenvalue weighted by Crippen LogP contribution is -2.00. The Morgan fingerprint density at radius 2 is 2.21 bits per heavy atom. The second-order valence-electron chi connectivity index (χ2n) is 3.97. The molecule has 2 aromatic heterocycles. The molecule has 0 saturated heterocycles. The average Bonchev–Trinajstić information content (AvgIpc) is 2.87. The predicted octanol–water partition coefficient (Wildman–Crippen LogP) is 1.69. The molecule has 2 N–H and O–H groups in total. The van der Waals surface area contributed by atoms with Crippen LogP contribution in [0.3, 0.4) is 0 Å². The standard InChI is InChI=1S/C12H12N6O/c1-2-18-15-6-11(17-18)16-12-9-5-8(19)3-4-10(9)13-7-14-12/h3-7,19H,2H2,1H3,(H,13,14,16,17). The van der Waals surface area contributed by atoms with Crippen molar-refractivity contribution in [3.63, 3.8) is 0 Å². The number of nitrogens with zero attached hydrogens (tertiary/aromatic N) is 5. The Balaban J connectivity index is 2.02. The van der Waals surface area contributed by atoms with Crippen molar-refractivity contribution in [2.75, 3.05) is 5.32 Å². The molecule has 7 nitrogen and oxygen atoms in total. The fourth-order valence-electron chi connectivity index (χ4n) is 1.77. The first-order valence-corrected chi connectivity index (χ1v) is 5.87. The highest BCUT2D eigenvalue weighted by molar-refractivity contribution is 5.91. The summed E-state index contributed by atoms with van der Waals surface area (Å²) in [6.07, 6.45) is 3.09. The molecule has 96 valence electrons. The maximum Gasteiger partial charge on any atom is 0.174 e. The van der Waals surface area contributed by atoms with Gasteiger partial charge in [0.05, 0.1) is 18.3 Å². The Morgan fingerprint density at radius 3 is 3.00 bits per heavy atom. The van der Waals surface area contributed by atoms with Crippen LogP contribution in [-0.2, 0) is 6.54 Å². The lowest BCUT2D eigenvalue weighted by atomic mass is 10.2. The van der Waals surface area contributed by atoms with Gasteiger partial charge in [-0.05, 0) is 25.1 Å². The monoisotopic (exact) mass is 256 g/mol. The van der Waals surface area contributed by atoms with Crippen LogP contribution < -0.4 is 5.32 Å². The second kappa shape index (κ2) is 4.52. The molecule has 0 aliphatic carbocycles. The molecule has 0 aliphatic rings. The molecule has 0 amide bonds. The summed E-state index contributed by atoms with van der Waals surface area (Å²) in [6, 6.07) is 4.94. The molecule has 3 aromatic rings. The first-order valence-electron chi connectivity index (χ1n) is 5.87. The van der Waals surface area contributed by atoms with Gasteiger partial charge < -0.3 is 10.4 Å². The Hall–Kier alpha value is -2.70. The number of phenolic OH excluding ortho intramolecular Hbond substituents is 1. The molecule has 2 heterocycles. The number of hydrogen-bond donors (Lipinski definition) is 2. The summed E-state index contributed by atoms with van der Waals surface area (Å²) in [7, 11) is 0. The van der Waals surface area contributed by atoms with Gasteiger partial charge in [0.1, 0.15) is 17.9 Å². The highest BCUT2D eigenvalue weighted by Gasteiger charge is 2.07. The van der Waals surface area contributed by atoms with Gasteiger partial charge in [-0.1, -0.05) is 0 Å². The van der Waals surface area contributed by atoms with Gasteiger partial charge in [0.2, 0.25) is 0 Å². The summed E-state index contributed by atoms with van der Waals surface area (Å²) >= 11 is 0. The highest BCUT2D eigenvalue weighted by Crippen LogP contribution is 2.25. The summed E-state index contributed by atoms with van der Waals surface area (Å²) in [5.74, 6) is 1.36. The van der Waals surface area contributed by atoms with E-state index in [4.69, 9.17) is 0 Å². The van der Waals surface area contributed by atoms with Gasteiger partial charge in [-0.3, -0.25) is 0 Å². The Labute approximate surface area is 108 Å². The van der Waals surface area contributed by atoms with Gasteiger partial charge in [-0.15, -0.1) is 5.10 Å². The van der Waals surface area contributed by atoms with Crippen LogP contribution in [0.15, 0.2) is 30.7 Å². The molecule has 7 heteroatoms. The van der Waals surface area contributed by atoms with Crippen molar-refractivity contribution >= 4 is 22.5 Å². The zero-order valence-corrected chi connectivity index (χ0v) is 10.3. The van der Waals surface area contributed by atoms with E-state index in [2.05, 4.69) is 25.5 Å². The largest absolute Gasteiger partial charge is 0.508 e. The smallest absolute Gasteiger partial charge is 0.174 e. The number of aryl methyl sites for hydroxylation is 1. The van der Waals surface area contributed by atoms with Gasteiger partial charge >= 0.3 is 0 Å². The topological polar surface area (TPSA) is 88.8 Å². The minimum absolute atomic E-state index is 0.169. The molecule has 0 atom stereocenters. The van der Waals surface area contributed by atoms with Crippen LogP contribution in [0, 0.1) is 0 Å². The molecule has 0 radical (unpaired) electrons. The first kappa shape index (κ1) is 11.4. The Kier molecular flexibility index (Phi) is 2.71. The van der Waals surface area contributed by atoms with Crippen molar-refractivity contribution in [3.8, 4) is 5.75 Å². The zero-order chi connectivity index (χ0) is 13.2. The van der Waals surface area contributed by atoms with Crippen molar-refractivity contribution in [2.45, 2.75) is 13.5 Å². The zero-order valence-electron chi connectivity index (χ0n) is 10.3. The van der Waals surface area contributed by atoms with Crippen LogP contribution in [-0.4, -0.2) is 30.1 Å². The molecule has 1 aromatic carbocycles. The van der Waals surface area contributed by atoms with E-state index >= 15 is 0 Å². The average molecular weight is 256 g/mol. The van der Waals surface area contributed by atoms with E-state index in [1.165, 1.54) is 6.33 Å². The van der Waals surface area contributed by atoms with Gasteiger partial charge in [0, 0.05) is 5.39 Å². The number of aromatic nitrogens is 5. The third-order valence-electron chi connectivity index (χ3n) is 2.68. The van der Waals surface area contributed by atoms with E-state index in [1.807, 2.05) is 6.92 Å². The number of fused-ring (bicyclic) bond motifs is 1. The van der Waals surface area contributed by atoms with Crippen molar-refractivity contribution < 1.29 is 5.11 Å². The van der Waals surface area contributed by atoms with Gasteiger partial charge in [-0.2, -0.15) is 9.90 Å². The molecule has 19 heavy (non-hydrogen) atoms. The quantitative estimate of drug-likeness (QED) is 0.741. The molecule has 0 fully saturated rings. The summed E-state index contributed by atoms with van der Waals surface area (Å²) in [6.45, 7) is 2.66. The van der Waals surface area contributed by atoms with Crippen LogP contribution in [0.5, 0.6) is 5.75 Å². The fraction of sp³-hybridized carbons (Fsp3) is 0.167. The van der Waals surface area contributed by atoms with Crippen LogP contribution in [0.25, 0.3) is 10.9 Å². The lowest BCUT2D eigenvalue weighted by molar-refractivity contribution is 0.476. The van der Waals surface area contributed by atoms with E-state index in [-0.39, 0.29) is 5.75 Å². The van der Waals surface area contributed by atoms with E-state index < -0.39 is 0 Å². The summed E-state index contributed by atoms with van der Waals surface area (Å²) < 4.78 is 0. The Bertz CT molecular complexity index is 723. The number of phenols is 1. The number of nitrogens with one attached hydrogen (secondary N) is 1. The molecule has 0 saturated carbocycles. The van der Waals surface area contributed by atoms with E-state index in [1.54, 1.807) is 29.2 Å². The molecular weight excluding hydrogens is 244 g/mol. The van der Waals surface area contributed by atoms with Crippen LogP contribution in [0.1, 0.15) is 6.92 Å². The van der Waals surface area contributed by atoms with Crippen molar-refractivity contribution in [2.24, 2.45) is 0 Å². The highest BCUT2D eigenvalue weighted by atomic mass is 16.3. The molecule has 3 rings (SSSR count). The summed E-state index contributed by atoms with van der Waals surface area (Å²) in [4.78, 5) is 9.88. The van der Waals surface area contributed by atoms with Gasteiger partial charge in [0.15, 0.2) is 5.82 Å². The van der Waals surface area contributed by atoms with Crippen molar-refractivity contribution in [3.05, 3.63) is 30.7 Å². The third kappa shape index (κ3) is 2.17. The van der Waals surface area contributed by atoms with Gasteiger partial charge in [-0.25, -0.2) is 9.97 Å².